The van der Waals surface area contributed by atoms with Gasteiger partial charge in [-0.1, -0.05) is 11.6 Å². The topological polar surface area (TPSA) is 64.6 Å². The van der Waals surface area contributed by atoms with Crippen LogP contribution in [0.25, 0.3) is 0 Å². The fourth-order valence-corrected chi connectivity index (χ4v) is 2.56. The molecule has 1 amide bonds. The highest BCUT2D eigenvalue weighted by Crippen LogP contribution is 2.22. The van der Waals surface area contributed by atoms with E-state index in [9.17, 15) is 9.59 Å². The number of carbonyl (C=O) groups excluding carboxylic acids is 2. The van der Waals surface area contributed by atoms with Gasteiger partial charge < -0.3 is 14.8 Å². The normalized spacial score (nSPS) is 10.1. The third kappa shape index (κ3) is 4.75. The minimum Gasteiger partial charge on any atom is -0.494 e. The molecular weight excluding hydrogens is 326 g/mol. The third-order valence-corrected chi connectivity index (χ3v) is 3.77. The van der Waals surface area contributed by atoms with Gasteiger partial charge in [-0.2, -0.15) is 0 Å². The number of halogens is 1. The first-order valence-corrected chi connectivity index (χ1v) is 7.73. The Hall–Kier alpha value is -2.05. The van der Waals surface area contributed by atoms with E-state index in [1.807, 2.05) is 6.92 Å². The quantitative estimate of drug-likeness (QED) is 0.817. The molecule has 0 bridgehead atoms. The fraction of sp³-hybridized carbons (Fsp3) is 0.200. The van der Waals surface area contributed by atoms with E-state index in [-0.39, 0.29) is 6.61 Å². The van der Waals surface area contributed by atoms with Crippen molar-refractivity contribution in [3.63, 3.8) is 0 Å². The molecule has 0 saturated carbocycles. The predicted molar refractivity (Wildman–Crippen MR) is 85.9 cm³/mol. The minimum atomic E-state index is -0.571. The van der Waals surface area contributed by atoms with Crippen LogP contribution in [0.5, 0.6) is 5.75 Å². The van der Waals surface area contributed by atoms with E-state index >= 15 is 0 Å². The second-order valence-electron chi connectivity index (χ2n) is 4.19. The van der Waals surface area contributed by atoms with E-state index in [1.165, 1.54) is 0 Å². The van der Waals surface area contributed by atoms with Crippen LogP contribution in [-0.4, -0.2) is 25.1 Å². The van der Waals surface area contributed by atoms with Crippen molar-refractivity contribution < 1.29 is 19.1 Å². The predicted octanol–water partition coefficient (Wildman–Crippen LogP) is 3.60. The van der Waals surface area contributed by atoms with Gasteiger partial charge in [-0.15, -0.1) is 11.3 Å². The molecule has 0 aliphatic carbocycles. The van der Waals surface area contributed by atoms with Gasteiger partial charge in [0.1, 0.15) is 10.6 Å². The standard InChI is InChI=1S/C15H14ClNO4S/c1-2-20-11-5-3-10(4-6-11)17-14(18)9-21-15(19)12-7-8-13(16)22-12/h3-8H,2,9H2,1H3,(H,17,18). The molecule has 0 aliphatic heterocycles. The van der Waals surface area contributed by atoms with Crippen LogP contribution < -0.4 is 10.1 Å². The highest BCUT2D eigenvalue weighted by atomic mass is 35.5. The molecule has 0 radical (unpaired) electrons. The molecule has 0 spiro atoms. The summed E-state index contributed by atoms with van der Waals surface area (Å²) < 4.78 is 10.7. The highest BCUT2D eigenvalue weighted by molar-refractivity contribution is 7.17. The Morgan fingerprint density at radius 1 is 1.18 bits per heavy atom. The lowest BCUT2D eigenvalue weighted by Gasteiger charge is -2.07. The number of anilines is 1. The Morgan fingerprint density at radius 2 is 1.91 bits per heavy atom. The first-order valence-electron chi connectivity index (χ1n) is 6.53. The largest absolute Gasteiger partial charge is 0.494 e. The van der Waals surface area contributed by atoms with E-state index in [0.29, 0.717) is 21.5 Å². The summed E-state index contributed by atoms with van der Waals surface area (Å²) in [7, 11) is 0. The van der Waals surface area contributed by atoms with Crippen molar-refractivity contribution in [2.24, 2.45) is 0 Å². The Morgan fingerprint density at radius 3 is 2.50 bits per heavy atom. The van der Waals surface area contributed by atoms with Crippen LogP contribution in [0.1, 0.15) is 16.6 Å². The first kappa shape index (κ1) is 16.3. The van der Waals surface area contributed by atoms with Gasteiger partial charge in [0.05, 0.1) is 10.9 Å². The van der Waals surface area contributed by atoms with E-state index in [2.05, 4.69) is 5.32 Å². The number of benzene rings is 1. The average Bonchev–Trinajstić information content (AvgIpc) is 2.94. The molecule has 0 unspecified atom stereocenters. The smallest absolute Gasteiger partial charge is 0.348 e. The monoisotopic (exact) mass is 339 g/mol. The number of hydrogen-bond donors (Lipinski definition) is 1. The second-order valence-corrected chi connectivity index (χ2v) is 5.90. The lowest BCUT2D eigenvalue weighted by molar-refractivity contribution is -0.119. The molecule has 116 valence electrons. The number of rotatable bonds is 6. The summed E-state index contributed by atoms with van der Waals surface area (Å²) in [5.74, 6) is -0.264. The maximum absolute atomic E-state index is 11.7. The van der Waals surface area contributed by atoms with Crippen molar-refractivity contribution in [1.29, 1.82) is 0 Å². The van der Waals surface area contributed by atoms with Crippen LogP contribution in [0.3, 0.4) is 0 Å². The van der Waals surface area contributed by atoms with E-state index in [1.54, 1.807) is 36.4 Å². The third-order valence-electron chi connectivity index (χ3n) is 2.56. The summed E-state index contributed by atoms with van der Waals surface area (Å²) in [5, 5.41) is 2.63. The van der Waals surface area contributed by atoms with Crippen molar-refractivity contribution in [3.8, 4) is 5.75 Å². The van der Waals surface area contributed by atoms with Gasteiger partial charge in [0.2, 0.25) is 0 Å². The summed E-state index contributed by atoms with van der Waals surface area (Å²) >= 11 is 6.83. The molecule has 0 aliphatic rings. The molecule has 0 fully saturated rings. The van der Waals surface area contributed by atoms with E-state index < -0.39 is 11.9 Å². The van der Waals surface area contributed by atoms with Gasteiger partial charge in [0.25, 0.3) is 5.91 Å². The van der Waals surface area contributed by atoms with Crippen LogP contribution in [-0.2, 0) is 9.53 Å². The average molecular weight is 340 g/mol. The first-order chi connectivity index (χ1) is 10.6. The molecule has 2 rings (SSSR count). The van der Waals surface area contributed by atoms with Gasteiger partial charge in [0.15, 0.2) is 6.61 Å². The summed E-state index contributed by atoms with van der Waals surface area (Å²) in [6.45, 7) is 2.11. The molecule has 7 heteroatoms. The number of ether oxygens (including phenoxy) is 2. The SMILES string of the molecule is CCOc1ccc(NC(=O)COC(=O)c2ccc(Cl)s2)cc1. The number of amides is 1. The molecule has 2 aromatic rings. The zero-order valence-electron chi connectivity index (χ0n) is 11.8. The molecular formula is C15H14ClNO4S. The zero-order valence-corrected chi connectivity index (χ0v) is 13.4. The molecule has 1 heterocycles. The fourth-order valence-electron chi connectivity index (χ4n) is 1.62. The Bertz CT molecular complexity index is 654. The summed E-state index contributed by atoms with van der Waals surface area (Å²) in [4.78, 5) is 23.7. The van der Waals surface area contributed by atoms with Gasteiger partial charge >= 0.3 is 5.97 Å². The summed E-state index contributed by atoms with van der Waals surface area (Å²) in [5.41, 5.74) is 0.601. The van der Waals surface area contributed by atoms with Crippen molar-refractivity contribution in [1.82, 2.24) is 0 Å². The highest BCUT2D eigenvalue weighted by Gasteiger charge is 2.12. The van der Waals surface area contributed by atoms with Crippen molar-refractivity contribution in [2.75, 3.05) is 18.5 Å². The van der Waals surface area contributed by atoms with E-state index in [4.69, 9.17) is 21.1 Å². The van der Waals surface area contributed by atoms with Gasteiger partial charge in [0, 0.05) is 5.69 Å². The van der Waals surface area contributed by atoms with E-state index in [0.717, 1.165) is 17.1 Å². The molecule has 1 aromatic heterocycles. The molecule has 5 nitrogen and oxygen atoms in total. The van der Waals surface area contributed by atoms with Crippen LogP contribution in [0.4, 0.5) is 5.69 Å². The van der Waals surface area contributed by atoms with Gasteiger partial charge in [-0.25, -0.2) is 4.79 Å². The number of esters is 1. The zero-order chi connectivity index (χ0) is 15.9. The molecule has 1 aromatic carbocycles. The van der Waals surface area contributed by atoms with Crippen LogP contribution in [0.15, 0.2) is 36.4 Å². The van der Waals surface area contributed by atoms with Crippen molar-refractivity contribution >= 4 is 40.5 Å². The van der Waals surface area contributed by atoms with Gasteiger partial charge in [-0.3, -0.25) is 4.79 Å². The molecule has 0 saturated heterocycles. The lowest BCUT2D eigenvalue weighted by atomic mass is 10.3. The maximum Gasteiger partial charge on any atom is 0.348 e. The molecule has 0 atom stereocenters. The van der Waals surface area contributed by atoms with Crippen LogP contribution in [0.2, 0.25) is 4.34 Å². The maximum atomic E-state index is 11.7. The number of carbonyl (C=O) groups is 2. The summed E-state index contributed by atoms with van der Waals surface area (Å²) in [6, 6.07) is 10.1. The van der Waals surface area contributed by atoms with Crippen molar-refractivity contribution in [3.05, 3.63) is 45.6 Å². The van der Waals surface area contributed by atoms with Crippen molar-refractivity contribution in [2.45, 2.75) is 6.92 Å². The Labute approximate surface area is 136 Å². The van der Waals surface area contributed by atoms with Crippen LogP contribution in [0, 0.1) is 0 Å². The number of nitrogens with one attached hydrogen (secondary N) is 1. The molecule has 22 heavy (non-hydrogen) atoms. The number of thiophene rings is 1. The molecule has 1 N–H and O–H groups in total. The number of hydrogen-bond acceptors (Lipinski definition) is 5. The minimum absolute atomic E-state index is 0.360. The second kappa shape index (κ2) is 7.82. The summed E-state index contributed by atoms with van der Waals surface area (Å²) in [6.07, 6.45) is 0. The Balaban J connectivity index is 1.81. The lowest BCUT2D eigenvalue weighted by Crippen LogP contribution is -2.20. The van der Waals surface area contributed by atoms with Gasteiger partial charge in [-0.05, 0) is 43.3 Å². The Kier molecular flexibility index (Phi) is 5.80. The van der Waals surface area contributed by atoms with Crippen LogP contribution >= 0.6 is 22.9 Å².